The van der Waals surface area contributed by atoms with E-state index in [0.29, 0.717) is 11.7 Å². The third-order valence-electron chi connectivity index (χ3n) is 3.92. The SMILES string of the molecule is O=C(CCCC[C@@H]1CCSS1)N[C@@H](Cc1ccc(O)cc1)C(=O)O. The number of carboxylic acids is 1. The molecule has 132 valence electrons. The van der Waals surface area contributed by atoms with E-state index >= 15 is 0 Å². The van der Waals surface area contributed by atoms with Gasteiger partial charge in [0, 0.05) is 23.8 Å². The van der Waals surface area contributed by atoms with Crippen molar-refractivity contribution in [1.29, 1.82) is 0 Å². The number of carbonyl (C=O) groups excluding carboxylic acids is 1. The molecule has 0 spiro atoms. The van der Waals surface area contributed by atoms with Gasteiger partial charge in [0.15, 0.2) is 0 Å². The van der Waals surface area contributed by atoms with Crippen LogP contribution in [-0.4, -0.2) is 39.1 Å². The van der Waals surface area contributed by atoms with Gasteiger partial charge in [0.1, 0.15) is 11.8 Å². The van der Waals surface area contributed by atoms with Crippen LogP contribution in [0, 0.1) is 0 Å². The molecular weight excluding hydrogens is 346 g/mol. The van der Waals surface area contributed by atoms with E-state index in [1.54, 1.807) is 12.1 Å². The molecule has 5 nitrogen and oxygen atoms in total. The molecule has 0 bridgehead atoms. The number of benzene rings is 1. The molecule has 1 fully saturated rings. The van der Waals surface area contributed by atoms with Gasteiger partial charge in [-0.15, -0.1) is 0 Å². The zero-order chi connectivity index (χ0) is 17.4. The van der Waals surface area contributed by atoms with Crippen molar-refractivity contribution in [3.63, 3.8) is 0 Å². The Morgan fingerprint density at radius 1 is 1.25 bits per heavy atom. The van der Waals surface area contributed by atoms with Crippen LogP contribution in [0.1, 0.15) is 37.7 Å². The van der Waals surface area contributed by atoms with Gasteiger partial charge in [-0.25, -0.2) is 4.79 Å². The highest BCUT2D eigenvalue weighted by atomic mass is 33.1. The molecule has 0 radical (unpaired) electrons. The highest BCUT2D eigenvalue weighted by Gasteiger charge is 2.20. The van der Waals surface area contributed by atoms with E-state index in [9.17, 15) is 19.8 Å². The summed E-state index contributed by atoms with van der Waals surface area (Å²) in [5, 5.41) is 21.8. The van der Waals surface area contributed by atoms with Crippen molar-refractivity contribution in [3.8, 4) is 5.75 Å². The van der Waals surface area contributed by atoms with Gasteiger partial charge in [-0.3, -0.25) is 4.79 Å². The van der Waals surface area contributed by atoms with E-state index in [2.05, 4.69) is 5.32 Å². The maximum absolute atomic E-state index is 12.0. The Hall–Kier alpha value is -1.34. The minimum absolute atomic E-state index is 0.133. The molecule has 1 aliphatic heterocycles. The first-order valence-corrected chi connectivity index (χ1v) is 10.5. The monoisotopic (exact) mass is 369 g/mol. The van der Waals surface area contributed by atoms with E-state index in [1.807, 2.05) is 21.6 Å². The number of aliphatic carboxylic acids is 1. The lowest BCUT2D eigenvalue weighted by atomic mass is 10.1. The van der Waals surface area contributed by atoms with Crippen molar-refractivity contribution in [1.82, 2.24) is 5.32 Å². The summed E-state index contributed by atoms with van der Waals surface area (Å²) in [5.41, 5.74) is 0.760. The summed E-state index contributed by atoms with van der Waals surface area (Å²) in [6.07, 6.45) is 4.73. The number of carbonyl (C=O) groups is 2. The van der Waals surface area contributed by atoms with Crippen LogP contribution in [0.3, 0.4) is 0 Å². The predicted octanol–water partition coefficient (Wildman–Crippen LogP) is 3.22. The van der Waals surface area contributed by atoms with Crippen LogP contribution in [0.15, 0.2) is 24.3 Å². The van der Waals surface area contributed by atoms with Crippen molar-refractivity contribution in [2.24, 2.45) is 0 Å². The van der Waals surface area contributed by atoms with Gasteiger partial charge in [-0.1, -0.05) is 40.1 Å². The molecule has 1 aliphatic rings. The minimum atomic E-state index is -1.05. The lowest BCUT2D eigenvalue weighted by molar-refractivity contribution is -0.141. The van der Waals surface area contributed by atoms with Crippen molar-refractivity contribution >= 4 is 33.5 Å². The number of nitrogens with one attached hydrogen (secondary N) is 1. The summed E-state index contributed by atoms with van der Waals surface area (Å²) >= 11 is 0. The fraction of sp³-hybridized carbons (Fsp3) is 0.529. The number of aromatic hydroxyl groups is 1. The Morgan fingerprint density at radius 2 is 2.00 bits per heavy atom. The summed E-state index contributed by atoms with van der Waals surface area (Å²) in [4.78, 5) is 23.3. The maximum Gasteiger partial charge on any atom is 0.326 e. The summed E-state index contributed by atoms with van der Waals surface area (Å²) in [5.74, 6) is 0.0896. The molecule has 1 heterocycles. The molecule has 1 saturated heterocycles. The second-order valence-electron chi connectivity index (χ2n) is 5.90. The molecule has 7 heteroatoms. The second-order valence-corrected chi connectivity index (χ2v) is 8.69. The van der Waals surface area contributed by atoms with Crippen LogP contribution in [0.25, 0.3) is 0 Å². The first-order chi connectivity index (χ1) is 11.5. The maximum atomic E-state index is 12.0. The Labute approximate surface area is 150 Å². The molecule has 0 aromatic heterocycles. The number of phenolic OH excluding ortho intramolecular Hbond substituents is 1. The fourth-order valence-electron chi connectivity index (χ4n) is 2.56. The minimum Gasteiger partial charge on any atom is -0.508 e. The smallest absolute Gasteiger partial charge is 0.326 e. The molecule has 0 saturated carbocycles. The van der Waals surface area contributed by atoms with Crippen molar-refractivity contribution < 1.29 is 19.8 Å². The number of hydrogen-bond acceptors (Lipinski definition) is 5. The number of amides is 1. The van der Waals surface area contributed by atoms with Gasteiger partial charge in [0.05, 0.1) is 0 Å². The molecule has 0 aliphatic carbocycles. The van der Waals surface area contributed by atoms with Crippen molar-refractivity contribution in [2.75, 3.05) is 5.75 Å². The predicted molar refractivity (Wildman–Crippen MR) is 98.3 cm³/mol. The largest absolute Gasteiger partial charge is 0.508 e. The standard InChI is InChI=1S/C17H23NO4S2/c19-13-7-5-12(6-8-13)11-15(17(21)22)18-16(20)4-2-1-3-14-9-10-23-24-14/h5-8,14-15,19H,1-4,9-11H2,(H,18,20)(H,21,22)/t14-,15+/m1/s1. The fourth-order valence-corrected chi connectivity index (χ4v) is 5.58. The molecular formula is C17H23NO4S2. The molecule has 2 atom stereocenters. The molecule has 0 unspecified atom stereocenters. The van der Waals surface area contributed by atoms with Gasteiger partial charge in [-0.2, -0.15) is 0 Å². The molecule has 1 aromatic carbocycles. The first kappa shape index (κ1) is 19.0. The zero-order valence-corrected chi connectivity index (χ0v) is 15.1. The number of hydrogen-bond donors (Lipinski definition) is 3. The summed E-state index contributed by atoms with van der Waals surface area (Å²) in [6.45, 7) is 0. The van der Waals surface area contributed by atoms with Crippen LogP contribution in [-0.2, 0) is 16.0 Å². The normalized spacial score (nSPS) is 18.2. The van der Waals surface area contributed by atoms with E-state index in [0.717, 1.165) is 24.8 Å². The first-order valence-electron chi connectivity index (χ1n) is 8.13. The lowest BCUT2D eigenvalue weighted by Gasteiger charge is -2.15. The Morgan fingerprint density at radius 3 is 2.62 bits per heavy atom. The van der Waals surface area contributed by atoms with Crippen molar-refractivity contribution in [2.45, 2.75) is 49.8 Å². The highest BCUT2D eigenvalue weighted by Crippen LogP contribution is 2.39. The number of carboxylic acid groups (broad SMARTS) is 1. The van der Waals surface area contributed by atoms with Crippen LogP contribution in [0.5, 0.6) is 5.75 Å². The summed E-state index contributed by atoms with van der Waals surface area (Å²) in [6, 6.07) is 5.40. The molecule has 1 aromatic rings. The van der Waals surface area contributed by atoms with E-state index < -0.39 is 12.0 Å². The molecule has 2 rings (SSSR count). The van der Waals surface area contributed by atoms with Gasteiger partial charge < -0.3 is 15.5 Å². The Balaban J connectivity index is 1.71. The van der Waals surface area contributed by atoms with Crippen molar-refractivity contribution in [3.05, 3.63) is 29.8 Å². The van der Waals surface area contributed by atoms with Gasteiger partial charge in [0.25, 0.3) is 0 Å². The number of unbranched alkanes of at least 4 members (excludes halogenated alkanes) is 1. The van der Waals surface area contributed by atoms with Gasteiger partial charge in [0.2, 0.25) is 5.91 Å². The topological polar surface area (TPSA) is 86.6 Å². The van der Waals surface area contributed by atoms with Crippen LogP contribution < -0.4 is 5.32 Å². The highest BCUT2D eigenvalue weighted by molar-refractivity contribution is 8.77. The van der Waals surface area contributed by atoms with E-state index in [1.165, 1.54) is 24.3 Å². The Kier molecular flexibility index (Phi) is 7.78. The quantitative estimate of drug-likeness (QED) is 0.458. The summed E-state index contributed by atoms with van der Waals surface area (Å²) < 4.78 is 0. The number of rotatable bonds is 9. The lowest BCUT2D eigenvalue weighted by Crippen LogP contribution is -2.42. The summed E-state index contributed by atoms with van der Waals surface area (Å²) in [7, 11) is 3.85. The average molecular weight is 370 g/mol. The molecule has 24 heavy (non-hydrogen) atoms. The van der Waals surface area contributed by atoms with Gasteiger partial charge in [-0.05, 0) is 37.0 Å². The third kappa shape index (κ3) is 6.65. The van der Waals surface area contributed by atoms with Crippen LogP contribution in [0.2, 0.25) is 0 Å². The zero-order valence-electron chi connectivity index (χ0n) is 13.4. The second kappa shape index (κ2) is 9.84. The van der Waals surface area contributed by atoms with E-state index in [4.69, 9.17) is 0 Å². The van der Waals surface area contributed by atoms with Gasteiger partial charge >= 0.3 is 5.97 Å². The molecule has 3 N–H and O–H groups in total. The number of phenols is 1. The molecule has 1 amide bonds. The van der Waals surface area contributed by atoms with Crippen LogP contribution in [0.4, 0.5) is 0 Å². The third-order valence-corrected chi connectivity index (χ3v) is 6.92. The Bertz CT molecular complexity index is 544. The average Bonchev–Trinajstić information content (AvgIpc) is 3.06. The van der Waals surface area contributed by atoms with Crippen LogP contribution >= 0.6 is 21.6 Å². The van der Waals surface area contributed by atoms with E-state index in [-0.39, 0.29) is 18.1 Å².